The van der Waals surface area contributed by atoms with Crippen molar-refractivity contribution >= 4 is 5.97 Å². The molecule has 0 unspecified atom stereocenters. The highest BCUT2D eigenvalue weighted by Crippen LogP contribution is 2.27. The first-order valence-electron chi connectivity index (χ1n) is 13.2. The van der Waals surface area contributed by atoms with E-state index in [1.54, 1.807) is 0 Å². The zero-order valence-corrected chi connectivity index (χ0v) is 19.7. The van der Waals surface area contributed by atoms with Gasteiger partial charge in [0, 0.05) is 0 Å². The van der Waals surface area contributed by atoms with Crippen molar-refractivity contribution in [2.24, 2.45) is 5.92 Å². The van der Waals surface area contributed by atoms with Gasteiger partial charge in [-0.1, -0.05) is 77.6 Å². The molecule has 2 rings (SSSR count). The molecule has 30 heavy (non-hydrogen) atoms. The minimum Gasteiger partial charge on any atom is -0.465 e. The van der Waals surface area contributed by atoms with E-state index in [2.05, 4.69) is 6.92 Å². The standard InChI is InChI=1S/C26H48O4/c1-2-3-4-5-6-7-8-9-13-20-30-26(27)23-16-18-25(19-17-23)29-22-21-28-24-14-11-10-12-15-24/h23-25H,2-22H2,1H3. The van der Waals surface area contributed by atoms with E-state index >= 15 is 0 Å². The average molecular weight is 425 g/mol. The van der Waals surface area contributed by atoms with E-state index in [1.165, 1.54) is 83.5 Å². The fourth-order valence-electron chi connectivity index (χ4n) is 4.83. The van der Waals surface area contributed by atoms with Crippen LogP contribution < -0.4 is 0 Å². The molecule has 176 valence electrons. The summed E-state index contributed by atoms with van der Waals surface area (Å²) in [5.41, 5.74) is 0. The summed E-state index contributed by atoms with van der Waals surface area (Å²) in [7, 11) is 0. The second-order valence-electron chi connectivity index (χ2n) is 9.47. The third kappa shape index (κ3) is 11.7. The Labute approximate surface area is 185 Å². The predicted molar refractivity (Wildman–Crippen MR) is 123 cm³/mol. The maximum absolute atomic E-state index is 12.3. The van der Waals surface area contributed by atoms with Crippen LogP contribution in [-0.2, 0) is 19.0 Å². The third-order valence-corrected chi connectivity index (χ3v) is 6.84. The predicted octanol–water partition coefficient (Wildman–Crippen LogP) is 6.99. The second-order valence-corrected chi connectivity index (χ2v) is 9.47. The van der Waals surface area contributed by atoms with Gasteiger partial charge in [0.2, 0.25) is 0 Å². The molecule has 0 atom stereocenters. The summed E-state index contributed by atoms with van der Waals surface area (Å²) in [4.78, 5) is 12.3. The van der Waals surface area contributed by atoms with E-state index in [-0.39, 0.29) is 11.9 Å². The number of carbonyl (C=O) groups excluding carboxylic acids is 1. The Hall–Kier alpha value is -0.610. The Bertz CT molecular complexity index is 411. The molecule has 2 fully saturated rings. The number of rotatable bonds is 16. The van der Waals surface area contributed by atoms with Crippen LogP contribution in [0.4, 0.5) is 0 Å². The zero-order chi connectivity index (χ0) is 21.3. The average Bonchev–Trinajstić information content (AvgIpc) is 2.79. The smallest absolute Gasteiger partial charge is 0.308 e. The molecule has 0 aromatic heterocycles. The highest BCUT2D eigenvalue weighted by atomic mass is 16.5. The van der Waals surface area contributed by atoms with Crippen LogP contribution in [0.1, 0.15) is 122 Å². The summed E-state index contributed by atoms with van der Waals surface area (Å²) in [5.74, 6) is 0.107. The molecule has 0 N–H and O–H groups in total. The van der Waals surface area contributed by atoms with Crippen LogP contribution >= 0.6 is 0 Å². The van der Waals surface area contributed by atoms with E-state index in [1.807, 2.05) is 0 Å². The molecule has 0 aromatic carbocycles. The van der Waals surface area contributed by atoms with Crippen molar-refractivity contribution in [2.75, 3.05) is 19.8 Å². The molecule has 0 amide bonds. The number of hydrogen-bond acceptors (Lipinski definition) is 4. The van der Waals surface area contributed by atoms with Crippen LogP contribution in [0.2, 0.25) is 0 Å². The van der Waals surface area contributed by atoms with Gasteiger partial charge in [0.05, 0.1) is 37.9 Å². The van der Waals surface area contributed by atoms with E-state index in [0.29, 0.717) is 32.0 Å². The van der Waals surface area contributed by atoms with Crippen molar-refractivity contribution in [3.05, 3.63) is 0 Å². The van der Waals surface area contributed by atoms with Crippen LogP contribution in [0.3, 0.4) is 0 Å². The fourth-order valence-corrected chi connectivity index (χ4v) is 4.83. The Balaban J connectivity index is 1.39. The molecule has 2 aliphatic rings. The lowest BCUT2D eigenvalue weighted by Crippen LogP contribution is -2.29. The van der Waals surface area contributed by atoms with Crippen molar-refractivity contribution in [1.29, 1.82) is 0 Å². The highest BCUT2D eigenvalue weighted by molar-refractivity contribution is 5.72. The lowest BCUT2D eigenvalue weighted by Gasteiger charge is -2.28. The van der Waals surface area contributed by atoms with Gasteiger partial charge < -0.3 is 14.2 Å². The first-order valence-corrected chi connectivity index (χ1v) is 13.2. The molecule has 2 aliphatic carbocycles. The molecule has 0 aromatic rings. The number of carbonyl (C=O) groups is 1. The van der Waals surface area contributed by atoms with E-state index in [4.69, 9.17) is 14.2 Å². The molecular formula is C26H48O4. The number of esters is 1. The third-order valence-electron chi connectivity index (χ3n) is 6.84. The van der Waals surface area contributed by atoms with Gasteiger partial charge in [0.25, 0.3) is 0 Å². The van der Waals surface area contributed by atoms with Crippen molar-refractivity contribution in [2.45, 2.75) is 135 Å². The highest BCUT2D eigenvalue weighted by Gasteiger charge is 2.27. The Kier molecular flexibility index (Phi) is 14.5. The first-order chi connectivity index (χ1) is 14.8. The van der Waals surface area contributed by atoms with Crippen LogP contribution in [0.15, 0.2) is 0 Å². The Morgan fingerprint density at radius 2 is 1.17 bits per heavy atom. The molecule has 0 radical (unpaired) electrons. The monoisotopic (exact) mass is 424 g/mol. The van der Waals surface area contributed by atoms with Gasteiger partial charge >= 0.3 is 5.97 Å². The van der Waals surface area contributed by atoms with Crippen LogP contribution in [0.5, 0.6) is 0 Å². The van der Waals surface area contributed by atoms with Crippen LogP contribution in [-0.4, -0.2) is 38.0 Å². The van der Waals surface area contributed by atoms with Gasteiger partial charge in [-0.2, -0.15) is 0 Å². The van der Waals surface area contributed by atoms with Gasteiger partial charge in [-0.15, -0.1) is 0 Å². The maximum atomic E-state index is 12.3. The minimum absolute atomic E-state index is 0.0219. The van der Waals surface area contributed by atoms with Crippen LogP contribution in [0.25, 0.3) is 0 Å². The molecular weight excluding hydrogens is 376 g/mol. The summed E-state index contributed by atoms with van der Waals surface area (Å²) in [5, 5.41) is 0. The van der Waals surface area contributed by atoms with Gasteiger partial charge in [-0.05, 0) is 44.9 Å². The van der Waals surface area contributed by atoms with Gasteiger partial charge in [0.15, 0.2) is 0 Å². The normalized spacial score (nSPS) is 22.8. The number of ether oxygens (including phenoxy) is 3. The molecule has 0 spiro atoms. The summed E-state index contributed by atoms with van der Waals surface area (Å²) in [6.45, 7) is 4.26. The van der Waals surface area contributed by atoms with Crippen molar-refractivity contribution in [1.82, 2.24) is 0 Å². The number of unbranched alkanes of at least 4 members (excludes halogenated alkanes) is 8. The number of hydrogen-bond donors (Lipinski definition) is 0. The van der Waals surface area contributed by atoms with E-state index in [9.17, 15) is 4.79 Å². The Morgan fingerprint density at radius 3 is 1.77 bits per heavy atom. The molecule has 4 nitrogen and oxygen atoms in total. The van der Waals surface area contributed by atoms with Crippen molar-refractivity contribution in [3.63, 3.8) is 0 Å². The maximum Gasteiger partial charge on any atom is 0.308 e. The largest absolute Gasteiger partial charge is 0.465 e. The summed E-state index contributed by atoms with van der Waals surface area (Å²) in [6, 6.07) is 0. The molecule has 0 bridgehead atoms. The van der Waals surface area contributed by atoms with Gasteiger partial charge in [-0.25, -0.2) is 0 Å². The van der Waals surface area contributed by atoms with Crippen LogP contribution in [0, 0.1) is 5.92 Å². The van der Waals surface area contributed by atoms with Gasteiger partial charge in [0.1, 0.15) is 0 Å². The summed E-state index contributed by atoms with van der Waals surface area (Å²) < 4.78 is 17.5. The second kappa shape index (κ2) is 17.0. The lowest BCUT2D eigenvalue weighted by atomic mass is 9.87. The van der Waals surface area contributed by atoms with Crippen molar-refractivity contribution < 1.29 is 19.0 Å². The quantitative estimate of drug-likeness (QED) is 0.198. The molecule has 2 saturated carbocycles. The lowest BCUT2D eigenvalue weighted by molar-refractivity contribution is -0.151. The SMILES string of the molecule is CCCCCCCCCCCOC(=O)C1CCC(OCCOC2CCCCC2)CC1. The van der Waals surface area contributed by atoms with E-state index in [0.717, 1.165) is 32.1 Å². The fraction of sp³-hybridized carbons (Fsp3) is 0.962. The molecule has 0 saturated heterocycles. The Morgan fingerprint density at radius 1 is 0.633 bits per heavy atom. The summed E-state index contributed by atoms with van der Waals surface area (Å²) in [6.07, 6.45) is 22.5. The van der Waals surface area contributed by atoms with E-state index < -0.39 is 0 Å². The van der Waals surface area contributed by atoms with Crippen molar-refractivity contribution in [3.8, 4) is 0 Å². The summed E-state index contributed by atoms with van der Waals surface area (Å²) >= 11 is 0. The minimum atomic E-state index is 0.0219. The molecule has 4 heteroatoms. The van der Waals surface area contributed by atoms with Gasteiger partial charge in [-0.3, -0.25) is 4.79 Å². The molecule has 0 aliphatic heterocycles. The zero-order valence-electron chi connectivity index (χ0n) is 19.7. The molecule has 0 heterocycles. The topological polar surface area (TPSA) is 44.8 Å². The first kappa shape index (κ1) is 25.6.